The molecule has 0 aliphatic carbocycles. The van der Waals surface area contributed by atoms with Crippen molar-refractivity contribution in [2.45, 2.75) is 51.5 Å². The monoisotopic (exact) mass is 358 g/mol. The third kappa shape index (κ3) is 4.40. The second-order valence-corrected chi connectivity index (χ2v) is 7.38. The van der Waals surface area contributed by atoms with Crippen LogP contribution in [0.4, 0.5) is 0 Å². The Morgan fingerprint density at radius 3 is 2.84 bits per heavy atom. The highest BCUT2D eigenvalue weighted by molar-refractivity contribution is 7.13. The molecule has 0 saturated carbocycles. The topological polar surface area (TPSA) is 42.4 Å². The summed E-state index contributed by atoms with van der Waals surface area (Å²) in [6.45, 7) is 3.10. The van der Waals surface area contributed by atoms with Gasteiger partial charge in [-0.15, -0.1) is 11.3 Å². The Kier molecular flexibility index (Phi) is 6.08. The van der Waals surface area contributed by atoms with Crippen LogP contribution in [0.3, 0.4) is 0 Å². The lowest BCUT2D eigenvalue weighted by Gasteiger charge is -2.35. The third-order valence-corrected chi connectivity index (χ3v) is 5.84. The highest BCUT2D eigenvalue weighted by Gasteiger charge is 2.24. The molecule has 0 radical (unpaired) electrons. The number of benzene rings is 1. The van der Waals surface area contributed by atoms with Crippen molar-refractivity contribution in [3.05, 3.63) is 35.3 Å². The second kappa shape index (κ2) is 8.48. The Morgan fingerprint density at radius 1 is 1.32 bits per heavy atom. The first-order chi connectivity index (χ1) is 12.2. The van der Waals surface area contributed by atoms with Gasteiger partial charge >= 0.3 is 0 Å². The second-order valence-electron chi connectivity index (χ2n) is 6.52. The summed E-state index contributed by atoms with van der Waals surface area (Å²) in [5.74, 6) is 1.13. The maximum Gasteiger partial charge on any atom is 0.223 e. The number of carbonyl (C=O) groups excluding carboxylic acids is 1. The van der Waals surface area contributed by atoms with E-state index in [9.17, 15) is 4.79 Å². The van der Waals surface area contributed by atoms with Gasteiger partial charge in [0.25, 0.3) is 0 Å². The first kappa shape index (κ1) is 17.9. The van der Waals surface area contributed by atoms with Crippen LogP contribution in [0, 0.1) is 0 Å². The van der Waals surface area contributed by atoms with Gasteiger partial charge in [-0.2, -0.15) is 0 Å². The molecule has 1 aliphatic rings. The standard InChI is InChI=1S/C20H26N2O2S/c1-3-17-6-4-5-13-22(17)19(23)12-9-16-14-25-20(21-16)15-7-10-18(24-2)11-8-15/h7-8,10-11,14,17H,3-6,9,12-13H2,1-2H3. The van der Waals surface area contributed by atoms with Crippen molar-refractivity contribution in [1.29, 1.82) is 0 Å². The van der Waals surface area contributed by atoms with Crippen LogP contribution in [0.1, 0.15) is 44.7 Å². The number of aryl methyl sites for hydroxylation is 1. The maximum absolute atomic E-state index is 12.6. The number of nitrogens with zero attached hydrogens (tertiary/aromatic N) is 2. The Balaban J connectivity index is 1.58. The van der Waals surface area contributed by atoms with Crippen molar-refractivity contribution in [1.82, 2.24) is 9.88 Å². The van der Waals surface area contributed by atoms with E-state index in [2.05, 4.69) is 17.2 Å². The summed E-state index contributed by atoms with van der Waals surface area (Å²) in [4.78, 5) is 19.4. The summed E-state index contributed by atoms with van der Waals surface area (Å²) in [7, 11) is 1.67. The van der Waals surface area contributed by atoms with Gasteiger partial charge in [-0.25, -0.2) is 4.98 Å². The van der Waals surface area contributed by atoms with Crippen LogP contribution < -0.4 is 4.74 Å². The molecule has 1 atom stereocenters. The molecule has 134 valence electrons. The predicted octanol–water partition coefficient (Wildman–Crippen LogP) is 4.54. The molecule has 1 amide bonds. The molecule has 1 unspecified atom stereocenters. The van der Waals surface area contributed by atoms with Crippen molar-refractivity contribution in [2.24, 2.45) is 0 Å². The SMILES string of the molecule is CCC1CCCCN1C(=O)CCc1csc(-c2ccc(OC)cc2)n1. The van der Waals surface area contributed by atoms with Crippen molar-refractivity contribution < 1.29 is 9.53 Å². The number of methoxy groups -OCH3 is 1. The molecule has 25 heavy (non-hydrogen) atoms. The molecular weight excluding hydrogens is 332 g/mol. The summed E-state index contributed by atoms with van der Waals surface area (Å²) in [5.41, 5.74) is 2.10. The first-order valence-corrected chi connectivity index (χ1v) is 9.97. The molecule has 1 aromatic carbocycles. The van der Waals surface area contributed by atoms with E-state index in [0.717, 1.165) is 54.2 Å². The number of piperidine rings is 1. The van der Waals surface area contributed by atoms with Crippen molar-refractivity contribution in [2.75, 3.05) is 13.7 Å². The van der Waals surface area contributed by atoms with Gasteiger partial charge in [-0.05, 0) is 56.4 Å². The smallest absolute Gasteiger partial charge is 0.223 e. The van der Waals surface area contributed by atoms with Crippen molar-refractivity contribution >= 4 is 17.2 Å². The normalized spacial score (nSPS) is 17.5. The van der Waals surface area contributed by atoms with E-state index in [4.69, 9.17) is 9.72 Å². The number of thiazole rings is 1. The lowest BCUT2D eigenvalue weighted by molar-refractivity contribution is -0.134. The molecule has 2 aromatic rings. The van der Waals surface area contributed by atoms with E-state index < -0.39 is 0 Å². The molecule has 5 heteroatoms. The predicted molar refractivity (Wildman–Crippen MR) is 102 cm³/mol. The minimum absolute atomic E-state index is 0.283. The number of amides is 1. The van der Waals surface area contributed by atoms with Crippen LogP contribution in [-0.2, 0) is 11.2 Å². The van der Waals surface area contributed by atoms with Crippen LogP contribution in [0.2, 0.25) is 0 Å². The summed E-state index contributed by atoms with van der Waals surface area (Å²) in [5, 5.41) is 3.06. The lowest BCUT2D eigenvalue weighted by Crippen LogP contribution is -2.43. The molecule has 3 rings (SSSR count). The summed E-state index contributed by atoms with van der Waals surface area (Å²) >= 11 is 1.63. The zero-order valence-corrected chi connectivity index (χ0v) is 15.8. The van der Waals surface area contributed by atoms with Gasteiger partial charge in [0.05, 0.1) is 12.8 Å². The van der Waals surface area contributed by atoms with Gasteiger partial charge in [0.15, 0.2) is 0 Å². The number of hydrogen-bond donors (Lipinski definition) is 0. The third-order valence-electron chi connectivity index (χ3n) is 4.90. The van der Waals surface area contributed by atoms with E-state index in [1.54, 1.807) is 18.4 Å². The zero-order chi connectivity index (χ0) is 17.6. The maximum atomic E-state index is 12.6. The number of ether oxygens (including phenoxy) is 1. The van der Waals surface area contributed by atoms with Crippen LogP contribution >= 0.6 is 11.3 Å². The van der Waals surface area contributed by atoms with Crippen molar-refractivity contribution in [3.63, 3.8) is 0 Å². The molecule has 1 aromatic heterocycles. The average molecular weight is 359 g/mol. The fraction of sp³-hybridized carbons (Fsp3) is 0.500. The van der Waals surface area contributed by atoms with E-state index >= 15 is 0 Å². The van der Waals surface area contributed by atoms with Gasteiger partial charge in [0.2, 0.25) is 5.91 Å². The van der Waals surface area contributed by atoms with Crippen LogP contribution in [0.25, 0.3) is 10.6 Å². The van der Waals surface area contributed by atoms with E-state index in [1.807, 2.05) is 24.3 Å². The molecule has 0 bridgehead atoms. The van der Waals surface area contributed by atoms with Gasteiger partial charge in [-0.1, -0.05) is 6.92 Å². The minimum Gasteiger partial charge on any atom is -0.497 e. The van der Waals surface area contributed by atoms with Gasteiger partial charge in [0.1, 0.15) is 10.8 Å². The molecule has 1 aliphatic heterocycles. The highest BCUT2D eigenvalue weighted by Crippen LogP contribution is 2.26. The zero-order valence-electron chi connectivity index (χ0n) is 15.0. The number of rotatable bonds is 6. The molecular formula is C20H26N2O2S. The van der Waals surface area contributed by atoms with Gasteiger partial charge in [-0.3, -0.25) is 4.79 Å². The largest absolute Gasteiger partial charge is 0.497 e. The lowest BCUT2D eigenvalue weighted by atomic mass is 9.99. The number of hydrogen-bond acceptors (Lipinski definition) is 4. The summed E-state index contributed by atoms with van der Waals surface area (Å²) in [6.07, 6.45) is 5.88. The molecule has 1 fully saturated rings. The quantitative estimate of drug-likeness (QED) is 0.761. The van der Waals surface area contributed by atoms with Crippen molar-refractivity contribution in [3.8, 4) is 16.3 Å². The number of carbonyl (C=O) groups is 1. The number of likely N-dealkylation sites (tertiary alicyclic amines) is 1. The van der Waals surface area contributed by atoms with Crippen LogP contribution in [-0.4, -0.2) is 35.5 Å². The minimum atomic E-state index is 0.283. The highest BCUT2D eigenvalue weighted by atomic mass is 32.1. The summed E-state index contributed by atoms with van der Waals surface area (Å²) < 4.78 is 5.19. The van der Waals surface area contributed by atoms with Crippen LogP contribution in [0.15, 0.2) is 29.6 Å². The Bertz CT molecular complexity index is 696. The molecule has 0 spiro atoms. The molecule has 2 heterocycles. The first-order valence-electron chi connectivity index (χ1n) is 9.09. The molecule has 0 N–H and O–H groups in total. The Morgan fingerprint density at radius 2 is 2.12 bits per heavy atom. The van der Waals surface area contributed by atoms with Gasteiger partial charge in [0, 0.05) is 30.0 Å². The molecule has 4 nitrogen and oxygen atoms in total. The Labute approximate surface area is 153 Å². The van der Waals surface area contributed by atoms with Gasteiger partial charge < -0.3 is 9.64 Å². The molecule has 1 saturated heterocycles. The van der Waals surface area contributed by atoms with E-state index in [1.165, 1.54) is 6.42 Å². The average Bonchev–Trinajstić information content (AvgIpc) is 3.15. The van der Waals surface area contributed by atoms with Crippen LogP contribution in [0.5, 0.6) is 5.75 Å². The summed E-state index contributed by atoms with van der Waals surface area (Å²) in [6, 6.07) is 8.37. The number of aromatic nitrogens is 1. The van der Waals surface area contributed by atoms with E-state index in [0.29, 0.717) is 12.5 Å². The fourth-order valence-electron chi connectivity index (χ4n) is 3.42. The van der Waals surface area contributed by atoms with E-state index in [-0.39, 0.29) is 5.91 Å². The fourth-order valence-corrected chi connectivity index (χ4v) is 4.28. The Hall–Kier alpha value is -1.88.